The average Bonchev–Trinajstić information content (AvgIpc) is 2.79. The lowest BCUT2D eigenvalue weighted by Gasteiger charge is -2.07. The summed E-state index contributed by atoms with van der Waals surface area (Å²) >= 11 is 0. The molecule has 2 rings (SSSR count). The molecule has 0 aliphatic rings. The molecule has 1 aromatic heterocycles. The molecule has 0 aliphatic carbocycles. The van der Waals surface area contributed by atoms with E-state index in [4.69, 9.17) is 4.74 Å². The number of aromatic nitrogens is 2. The highest BCUT2D eigenvalue weighted by atomic mass is 16.5. The van der Waals surface area contributed by atoms with Crippen LogP contribution in [-0.2, 0) is 0 Å². The van der Waals surface area contributed by atoms with Gasteiger partial charge in [-0.2, -0.15) is 5.10 Å². The molecule has 0 saturated heterocycles. The second-order valence-electron chi connectivity index (χ2n) is 3.62. The van der Waals surface area contributed by atoms with Crippen molar-refractivity contribution in [1.82, 2.24) is 9.78 Å². The Balaban J connectivity index is 0.000000686. The highest BCUT2D eigenvalue weighted by molar-refractivity contribution is 5.43. The third-order valence-corrected chi connectivity index (χ3v) is 2.37. The largest absolute Gasteiger partial charge is 0.496 e. The van der Waals surface area contributed by atoms with Gasteiger partial charge in [-0.15, -0.1) is 0 Å². The van der Waals surface area contributed by atoms with Crippen LogP contribution < -0.4 is 4.74 Å². The molecule has 1 aromatic carbocycles. The third kappa shape index (κ3) is 3.09. The zero-order chi connectivity index (χ0) is 12.8. The van der Waals surface area contributed by atoms with Gasteiger partial charge in [0.05, 0.1) is 19.0 Å². The van der Waals surface area contributed by atoms with Crippen molar-refractivity contribution in [3.63, 3.8) is 0 Å². The second kappa shape index (κ2) is 6.09. The predicted molar refractivity (Wildman–Crippen MR) is 70.9 cm³/mol. The van der Waals surface area contributed by atoms with Crippen LogP contribution in [0.4, 0.5) is 0 Å². The maximum absolute atomic E-state index is 5.27. The molecule has 0 unspecified atom stereocenters. The Morgan fingerprint density at radius 3 is 2.41 bits per heavy atom. The van der Waals surface area contributed by atoms with Crippen LogP contribution in [0.3, 0.4) is 0 Å². The molecular formula is C14H20N2O. The summed E-state index contributed by atoms with van der Waals surface area (Å²) in [6, 6.07) is 6.05. The van der Waals surface area contributed by atoms with E-state index in [9.17, 15) is 0 Å². The Labute approximate surface area is 103 Å². The van der Waals surface area contributed by atoms with Crippen LogP contribution in [0, 0.1) is 13.8 Å². The smallest absolute Gasteiger partial charge is 0.123 e. The zero-order valence-corrected chi connectivity index (χ0v) is 11.2. The van der Waals surface area contributed by atoms with Gasteiger partial charge in [0.2, 0.25) is 0 Å². The topological polar surface area (TPSA) is 27.1 Å². The molecular weight excluding hydrogens is 212 g/mol. The maximum atomic E-state index is 5.27. The molecule has 0 saturated carbocycles. The zero-order valence-electron chi connectivity index (χ0n) is 11.2. The minimum absolute atomic E-state index is 0.889. The van der Waals surface area contributed by atoms with Crippen LogP contribution in [-0.4, -0.2) is 16.9 Å². The van der Waals surface area contributed by atoms with Crippen molar-refractivity contribution in [2.24, 2.45) is 0 Å². The van der Waals surface area contributed by atoms with Crippen molar-refractivity contribution >= 4 is 0 Å². The van der Waals surface area contributed by atoms with Crippen LogP contribution in [0.25, 0.3) is 5.69 Å². The minimum Gasteiger partial charge on any atom is -0.496 e. The average molecular weight is 232 g/mol. The molecule has 0 radical (unpaired) electrons. The van der Waals surface area contributed by atoms with Crippen LogP contribution in [0.1, 0.15) is 25.0 Å². The van der Waals surface area contributed by atoms with E-state index in [1.54, 1.807) is 7.11 Å². The molecule has 0 atom stereocenters. The molecule has 0 spiro atoms. The first-order valence-corrected chi connectivity index (χ1v) is 5.87. The molecule has 3 heteroatoms. The molecule has 2 aromatic rings. The van der Waals surface area contributed by atoms with Gasteiger partial charge in [-0.1, -0.05) is 19.9 Å². The number of hydrogen-bond donors (Lipinski definition) is 0. The van der Waals surface area contributed by atoms with Gasteiger partial charge in [0.1, 0.15) is 5.75 Å². The fourth-order valence-corrected chi connectivity index (χ4v) is 1.51. The van der Waals surface area contributed by atoms with Gasteiger partial charge >= 0.3 is 0 Å². The summed E-state index contributed by atoms with van der Waals surface area (Å²) < 4.78 is 7.12. The lowest BCUT2D eigenvalue weighted by molar-refractivity contribution is 0.411. The van der Waals surface area contributed by atoms with E-state index < -0.39 is 0 Å². The van der Waals surface area contributed by atoms with Crippen LogP contribution >= 0.6 is 0 Å². The van der Waals surface area contributed by atoms with Crippen molar-refractivity contribution in [3.05, 3.63) is 41.7 Å². The fourth-order valence-electron chi connectivity index (χ4n) is 1.51. The van der Waals surface area contributed by atoms with Gasteiger partial charge in [-0.05, 0) is 31.0 Å². The minimum atomic E-state index is 0.889. The molecule has 1 heterocycles. The summed E-state index contributed by atoms with van der Waals surface area (Å²) in [5.74, 6) is 0.889. The summed E-state index contributed by atoms with van der Waals surface area (Å²) in [6.45, 7) is 8.05. The van der Waals surface area contributed by atoms with Crippen molar-refractivity contribution in [3.8, 4) is 11.4 Å². The molecule has 0 aliphatic heterocycles. The first-order valence-electron chi connectivity index (χ1n) is 5.87. The highest BCUT2D eigenvalue weighted by Gasteiger charge is 2.02. The number of methoxy groups -OCH3 is 1. The van der Waals surface area contributed by atoms with Crippen molar-refractivity contribution in [2.45, 2.75) is 27.7 Å². The molecule has 0 fully saturated rings. The Kier molecular flexibility index (Phi) is 4.76. The van der Waals surface area contributed by atoms with Gasteiger partial charge in [0.15, 0.2) is 0 Å². The maximum Gasteiger partial charge on any atom is 0.123 e. The van der Waals surface area contributed by atoms with Crippen molar-refractivity contribution in [2.75, 3.05) is 7.11 Å². The SMILES string of the molecule is CC.COc1cc(-n2cc(C)cn2)ccc1C. The van der Waals surface area contributed by atoms with E-state index >= 15 is 0 Å². The van der Waals surface area contributed by atoms with Crippen molar-refractivity contribution in [1.29, 1.82) is 0 Å². The summed E-state index contributed by atoms with van der Waals surface area (Å²) in [5.41, 5.74) is 3.30. The van der Waals surface area contributed by atoms with Crippen LogP contribution in [0.15, 0.2) is 30.6 Å². The van der Waals surface area contributed by atoms with Gasteiger partial charge in [0.25, 0.3) is 0 Å². The molecule has 0 bridgehead atoms. The summed E-state index contributed by atoms with van der Waals surface area (Å²) in [4.78, 5) is 0. The lowest BCUT2D eigenvalue weighted by Crippen LogP contribution is -1.96. The number of ether oxygens (including phenoxy) is 1. The molecule has 0 amide bonds. The number of nitrogens with zero attached hydrogens (tertiary/aromatic N) is 2. The Morgan fingerprint density at radius 1 is 1.18 bits per heavy atom. The van der Waals surface area contributed by atoms with Crippen molar-refractivity contribution < 1.29 is 4.74 Å². The summed E-state index contributed by atoms with van der Waals surface area (Å²) in [6.07, 6.45) is 3.83. The molecule has 3 nitrogen and oxygen atoms in total. The number of aryl methyl sites for hydroxylation is 2. The monoisotopic (exact) mass is 232 g/mol. The third-order valence-electron chi connectivity index (χ3n) is 2.37. The normalized spacial score (nSPS) is 9.47. The second-order valence-corrected chi connectivity index (χ2v) is 3.62. The summed E-state index contributed by atoms with van der Waals surface area (Å²) in [5, 5.41) is 4.25. The Bertz CT molecular complexity index is 475. The van der Waals surface area contributed by atoms with E-state index in [-0.39, 0.29) is 0 Å². The van der Waals surface area contributed by atoms with Gasteiger partial charge in [-0.3, -0.25) is 0 Å². The van der Waals surface area contributed by atoms with E-state index in [2.05, 4.69) is 5.10 Å². The first kappa shape index (κ1) is 13.3. The first-order chi connectivity index (χ1) is 8.20. The quantitative estimate of drug-likeness (QED) is 0.792. The fraction of sp³-hybridized carbons (Fsp3) is 0.357. The molecule has 17 heavy (non-hydrogen) atoms. The van der Waals surface area contributed by atoms with Crippen LogP contribution in [0.2, 0.25) is 0 Å². The van der Waals surface area contributed by atoms with Gasteiger partial charge in [-0.25, -0.2) is 4.68 Å². The van der Waals surface area contributed by atoms with Crippen LogP contribution in [0.5, 0.6) is 5.75 Å². The van der Waals surface area contributed by atoms with E-state index in [0.29, 0.717) is 0 Å². The van der Waals surface area contributed by atoms with E-state index in [0.717, 1.165) is 22.6 Å². The lowest BCUT2D eigenvalue weighted by atomic mass is 10.2. The van der Waals surface area contributed by atoms with Gasteiger partial charge in [0, 0.05) is 12.3 Å². The van der Waals surface area contributed by atoms with E-state index in [1.807, 2.05) is 63.0 Å². The molecule has 92 valence electrons. The predicted octanol–water partition coefficient (Wildman–Crippen LogP) is 3.52. The van der Waals surface area contributed by atoms with E-state index in [1.165, 1.54) is 0 Å². The number of hydrogen-bond acceptors (Lipinski definition) is 2. The number of benzene rings is 1. The molecule has 0 N–H and O–H groups in total. The van der Waals surface area contributed by atoms with Gasteiger partial charge < -0.3 is 4.74 Å². The summed E-state index contributed by atoms with van der Waals surface area (Å²) in [7, 11) is 1.68. The number of rotatable bonds is 2. The standard InChI is InChI=1S/C12H14N2O.C2H6/c1-9-7-13-14(8-9)11-5-4-10(2)12(6-11)15-3;1-2/h4-8H,1-3H3;1-2H3. The Hall–Kier alpha value is -1.77. The Morgan fingerprint density at radius 2 is 1.88 bits per heavy atom. The highest BCUT2D eigenvalue weighted by Crippen LogP contribution is 2.21.